The molecule has 5 nitrogen and oxygen atoms in total. The predicted molar refractivity (Wildman–Crippen MR) is 146 cm³/mol. The fourth-order valence-corrected chi connectivity index (χ4v) is 4.77. The second-order valence-electron chi connectivity index (χ2n) is 10.6. The molecule has 3 rings (SSSR count). The summed E-state index contributed by atoms with van der Waals surface area (Å²) in [6.45, 7) is 11.8. The first-order chi connectivity index (χ1) is 16.7. The van der Waals surface area contributed by atoms with Gasteiger partial charge in [0.15, 0.2) is 0 Å². The van der Waals surface area contributed by atoms with E-state index in [2.05, 4.69) is 56.9 Å². The van der Waals surface area contributed by atoms with E-state index < -0.39 is 0 Å². The summed E-state index contributed by atoms with van der Waals surface area (Å²) in [5.41, 5.74) is 8.48. The first kappa shape index (κ1) is 27.3. The van der Waals surface area contributed by atoms with Crippen LogP contribution in [0.25, 0.3) is 0 Å². The Balaban J connectivity index is 1.61. The topological polar surface area (TPSA) is 58.8 Å². The minimum atomic E-state index is -0.385. The largest absolute Gasteiger partial charge is 0.489 e. The molecule has 0 radical (unpaired) electrons. The van der Waals surface area contributed by atoms with Crippen molar-refractivity contribution in [3.05, 3.63) is 59.1 Å². The molecular formula is C29H42ClN3O2. The van der Waals surface area contributed by atoms with E-state index >= 15 is 0 Å². The first-order valence-electron chi connectivity index (χ1n) is 13.0. The van der Waals surface area contributed by atoms with Crippen LogP contribution in [0.3, 0.4) is 0 Å². The maximum absolute atomic E-state index is 12.8. The van der Waals surface area contributed by atoms with Crippen molar-refractivity contribution in [2.75, 3.05) is 24.5 Å². The summed E-state index contributed by atoms with van der Waals surface area (Å²) in [6.07, 6.45) is 3.80. The highest BCUT2D eigenvalue weighted by Crippen LogP contribution is 2.27. The normalized spacial score (nSPS) is 15.5. The Labute approximate surface area is 216 Å². The number of anilines is 1. The van der Waals surface area contributed by atoms with Crippen LogP contribution in [0.2, 0.25) is 5.02 Å². The van der Waals surface area contributed by atoms with Gasteiger partial charge in [-0.1, -0.05) is 51.4 Å². The molecule has 2 aromatic rings. The molecule has 6 heteroatoms. The van der Waals surface area contributed by atoms with Crippen molar-refractivity contribution >= 4 is 23.2 Å². The van der Waals surface area contributed by atoms with Crippen molar-refractivity contribution in [2.24, 2.45) is 17.6 Å². The average Bonchev–Trinajstić information content (AvgIpc) is 2.84. The number of piperidine rings is 1. The summed E-state index contributed by atoms with van der Waals surface area (Å²) in [5, 5.41) is 0.730. The lowest BCUT2D eigenvalue weighted by Gasteiger charge is -2.41. The fraction of sp³-hybridized carbons (Fsp3) is 0.552. The summed E-state index contributed by atoms with van der Waals surface area (Å²) in [7, 11) is 0. The van der Waals surface area contributed by atoms with Gasteiger partial charge in [-0.3, -0.25) is 4.79 Å². The molecule has 1 saturated heterocycles. The lowest BCUT2D eigenvalue weighted by molar-refractivity contribution is -0.134. The lowest BCUT2D eigenvalue weighted by atomic mass is 9.98. The van der Waals surface area contributed by atoms with Crippen molar-refractivity contribution in [2.45, 2.75) is 72.1 Å². The molecule has 0 bridgehead atoms. The van der Waals surface area contributed by atoms with Crippen LogP contribution >= 0.6 is 11.6 Å². The van der Waals surface area contributed by atoms with Gasteiger partial charge in [0.2, 0.25) is 5.91 Å². The highest BCUT2D eigenvalue weighted by molar-refractivity contribution is 6.30. The number of hydrogen-bond acceptors (Lipinski definition) is 4. The zero-order valence-electron chi connectivity index (χ0n) is 21.8. The molecule has 0 saturated carbocycles. The van der Waals surface area contributed by atoms with Gasteiger partial charge >= 0.3 is 0 Å². The molecule has 2 N–H and O–H groups in total. The smallest absolute Gasteiger partial charge is 0.239 e. The number of benzene rings is 2. The van der Waals surface area contributed by atoms with Crippen molar-refractivity contribution in [3.63, 3.8) is 0 Å². The summed E-state index contributed by atoms with van der Waals surface area (Å²) < 4.78 is 5.98. The van der Waals surface area contributed by atoms with Crippen LogP contribution in [-0.4, -0.2) is 42.5 Å². The average molecular weight is 500 g/mol. The summed E-state index contributed by atoms with van der Waals surface area (Å²) in [5.74, 6) is 2.02. The maximum Gasteiger partial charge on any atom is 0.239 e. The highest BCUT2D eigenvalue weighted by atomic mass is 35.5. The zero-order valence-corrected chi connectivity index (χ0v) is 22.5. The van der Waals surface area contributed by atoms with Crippen molar-refractivity contribution < 1.29 is 9.53 Å². The number of likely N-dealkylation sites (tertiary alicyclic amines) is 1. The van der Waals surface area contributed by atoms with Crippen molar-refractivity contribution in [3.8, 4) is 5.75 Å². The lowest BCUT2D eigenvalue weighted by Crippen LogP contribution is -2.51. The highest BCUT2D eigenvalue weighted by Gasteiger charge is 2.29. The van der Waals surface area contributed by atoms with Crippen LogP contribution in [0.5, 0.6) is 5.75 Å². The summed E-state index contributed by atoms with van der Waals surface area (Å²) in [6, 6.07) is 16.2. The van der Waals surface area contributed by atoms with Crippen LogP contribution < -0.4 is 15.4 Å². The second kappa shape index (κ2) is 13.2. The Morgan fingerprint density at radius 3 is 2.23 bits per heavy atom. The summed E-state index contributed by atoms with van der Waals surface area (Å²) >= 11 is 5.97. The number of halogens is 1. The molecule has 0 aliphatic carbocycles. The molecule has 1 fully saturated rings. The van der Waals surface area contributed by atoms with Crippen LogP contribution in [0, 0.1) is 11.8 Å². The van der Waals surface area contributed by atoms with E-state index in [0.29, 0.717) is 24.5 Å². The van der Waals surface area contributed by atoms with Crippen molar-refractivity contribution in [1.82, 2.24) is 4.90 Å². The number of carbonyl (C=O) groups excluding carboxylic acids is 1. The Morgan fingerprint density at radius 1 is 1.03 bits per heavy atom. The van der Waals surface area contributed by atoms with E-state index in [1.165, 1.54) is 5.69 Å². The first-order valence-corrected chi connectivity index (χ1v) is 13.4. The Hall–Kier alpha value is -2.24. The minimum absolute atomic E-state index is 0.105. The van der Waals surface area contributed by atoms with Gasteiger partial charge < -0.3 is 20.3 Å². The predicted octanol–water partition coefficient (Wildman–Crippen LogP) is 6.14. The maximum atomic E-state index is 12.8. The van der Waals surface area contributed by atoms with E-state index in [1.807, 2.05) is 29.2 Å². The standard InChI is InChI=1S/C29H42ClN3O2/c1-21(2)13-18-33(26-14-16-32(17-15-26)29(34)28(31)19-22(3)4)25-9-11-27(12-10-25)35-20-23-5-7-24(30)8-6-23/h5-12,21-22,26,28H,13-20,31H2,1-4H3/t28-/m1/s1. The Kier molecular flexibility index (Phi) is 10.3. The van der Waals surface area contributed by atoms with Crippen LogP contribution in [-0.2, 0) is 11.4 Å². The van der Waals surface area contributed by atoms with Gasteiger partial charge in [0.1, 0.15) is 12.4 Å². The molecule has 1 atom stereocenters. The van der Waals surface area contributed by atoms with E-state index in [1.54, 1.807) is 0 Å². The molecule has 2 aromatic carbocycles. The van der Waals surface area contributed by atoms with Gasteiger partial charge in [-0.2, -0.15) is 0 Å². The monoisotopic (exact) mass is 499 g/mol. The number of rotatable bonds is 11. The number of ether oxygens (including phenoxy) is 1. The van der Waals surface area contributed by atoms with Gasteiger partial charge in [0, 0.05) is 36.4 Å². The molecule has 35 heavy (non-hydrogen) atoms. The number of nitrogens with zero attached hydrogens (tertiary/aromatic N) is 2. The molecule has 0 unspecified atom stereocenters. The molecule has 1 heterocycles. The molecule has 0 spiro atoms. The zero-order chi connectivity index (χ0) is 25.4. The molecule has 192 valence electrons. The number of hydrogen-bond donors (Lipinski definition) is 1. The van der Waals surface area contributed by atoms with Gasteiger partial charge in [-0.05, 0) is 79.5 Å². The Bertz CT molecular complexity index is 907. The van der Waals surface area contributed by atoms with Crippen LogP contribution in [0.4, 0.5) is 5.69 Å². The third-order valence-electron chi connectivity index (χ3n) is 6.69. The number of nitrogens with two attached hydrogens (primary N) is 1. The van der Waals surface area contributed by atoms with Gasteiger partial charge in [0.25, 0.3) is 0 Å². The quantitative estimate of drug-likeness (QED) is 0.403. The number of amides is 1. The van der Waals surface area contributed by atoms with E-state index in [4.69, 9.17) is 22.1 Å². The third-order valence-corrected chi connectivity index (χ3v) is 6.95. The summed E-state index contributed by atoms with van der Waals surface area (Å²) in [4.78, 5) is 17.3. The van der Waals surface area contributed by atoms with Gasteiger partial charge in [0.05, 0.1) is 6.04 Å². The molecule has 1 aliphatic rings. The SMILES string of the molecule is CC(C)CCN(c1ccc(OCc2ccc(Cl)cc2)cc1)C1CCN(C(=O)[C@H](N)CC(C)C)CC1. The van der Waals surface area contributed by atoms with Crippen LogP contribution in [0.15, 0.2) is 48.5 Å². The van der Waals surface area contributed by atoms with Gasteiger partial charge in [-0.25, -0.2) is 0 Å². The molecular weight excluding hydrogens is 458 g/mol. The van der Waals surface area contributed by atoms with Crippen LogP contribution in [0.1, 0.15) is 58.9 Å². The number of carbonyl (C=O) groups is 1. The van der Waals surface area contributed by atoms with Gasteiger partial charge in [-0.15, -0.1) is 0 Å². The van der Waals surface area contributed by atoms with E-state index in [0.717, 1.165) is 61.7 Å². The van der Waals surface area contributed by atoms with E-state index in [-0.39, 0.29) is 11.9 Å². The minimum Gasteiger partial charge on any atom is -0.489 e. The fourth-order valence-electron chi connectivity index (χ4n) is 4.64. The van der Waals surface area contributed by atoms with Crippen molar-refractivity contribution in [1.29, 1.82) is 0 Å². The molecule has 1 aliphatic heterocycles. The molecule has 1 amide bonds. The molecule has 0 aromatic heterocycles. The second-order valence-corrected chi connectivity index (χ2v) is 11.0. The Morgan fingerprint density at radius 2 is 1.66 bits per heavy atom. The third kappa shape index (κ3) is 8.43. The van der Waals surface area contributed by atoms with E-state index in [9.17, 15) is 4.79 Å².